The van der Waals surface area contributed by atoms with Gasteiger partial charge >= 0.3 is 0 Å². The summed E-state index contributed by atoms with van der Waals surface area (Å²) in [4.78, 5) is 1.06. The van der Waals surface area contributed by atoms with Crippen molar-refractivity contribution in [3.05, 3.63) is 53.8 Å². The molecular formula is C16H15F3N2O3S. The van der Waals surface area contributed by atoms with Crippen LogP contribution in [0.4, 0.5) is 24.5 Å². The highest BCUT2D eigenvalue weighted by atomic mass is 32.2. The Bertz CT molecular complexity index is 884. The Morgan fingerprint density at radius 1 is 1.00 bits per heavy atom. The van der Waals surface area contributed by atoms with Crippen LogP contribution in [0.25, 0.3) is 0 Å². The molecule has 1 aliphatic heterocycles. The lowest BCUT2D eigenvalue weighted by molar-refractivity contribution is 0.122. The predicted octanol–water partition coefficient (Wildman–Crippen LogP) is 2.74. The maximum Gasteiger partial charge on any atom is 0.264 e. The molecule has 9 heteroatoms. The van der Waals surface area contributed by atoms with Crippen molar-refractivity contribution in [3.63, 3.8) is 0 Å². The number of anilines is 2. The van der Waals surface area contributed by atoms with Crippen molar-refractivity contribution in [2.45, 2.75) is 4.90 Å². The lowest BCUT2D eigenvalue weighted by atomic mass is 10.2. The predicted molar refractivity (Wildman–Crippen MR) is 86.6 cm³/mol. The van der Waals surface area contributed by atoms with Gasteiger partial charge in [0.15, 0.2) is 17.5 Å². The summed E-state index contributed by atoms with van der Waals surface area (Å²) in [6.45, 7) is 2.45. The van der Waals surface area contributed by atoms with Gasteiger partial charge in [-0.1, -0.05) is 6.07 Å². The summed E-state index contributed by atoms with van der Waals surface area (Å²) in [6.07, 6.45) is 0. The van der Waals surface area contributed by atoms with E-state index >= 15 is 0 Å². The number of rotatable bonds is 4. The minimum atomic E-state index is -4.41. The monoisotopic (exact) mass is 372 g/mol. The third-order valence-electron chi connectivity index (χ3n) is 3.76. The first-order valence-electron chi connectivity index (χ1n) is 7.47. The number of nitrogens with one attached hydrogen (secondary N) is 1. The highest BCUT2D eigenvalue weighted by Gasteiger charge is 2.24. The van der Waals surface area contributed by atoms with Crippen molar-refractivity contribution in [2.24, 2.45) is 0 Å². The summed E-state index contributed by atoms with van der Waals surface area (Å²) >= 11 is 0. The summed E-state index contributed by atoms with van der Waals surface area (Å²) < 4.78 is 72.1. The van der Waals surface area contributed by atoms with Crippen LogP contribution >= 0.6 is 0 Å². The molecule has 1 heterocycles. The molecule has 25 heavy (non-hydrogen) atoms. The minimum Gasteiger partial charge on any atom is -0.378 e. The number of sulfonamides is 1. The van der Waals surface area contributed by atoms with Crippen molar-refractivity contribution in [2.75, 3.05) is 35.9 Å². The van der Waals surface area contributed by atoms with E-state index in [1.165, 1.54) is 6.07 Å². The molecule has 1 aliphatic rings. The number of benzene rings is 2. The van der Waals surface area contributed by atoms with Crippen LogP contribution in [0.3, 0.4) is 0 Å². The van der Waals surface area contributed by atoms with Gasteiger partial charge in [0.2, 0.25) is 0 Å². The van der Waals surface area contributed by atoms with Gasteiger partial charge in [0.05, 0.1) is 18.9 Å². The van der Waals surface area contributed by atoms with Gasteiger partial charge < -0.3 is 9.64 Å². The Balaban J connectivity index is 1.87. The Morgan fingerprint density at radius 2 is 1.72 bits per heavy atom. The molecule has 1 fully saturated rings. The summed E-state index contributed by atoms with van der Waals surface area (Å²) in [5, 5.41) is 0. The average Bonchev–Trinajstić information content (AvgIpc) is 2.60. The molecule has 0 atom stereocenters. The van der Waals surface area contributed by atoms with E-state index in [0.29, 0.717) is 38.4 Å². The zero-order chi connectivity index (χ0) is 18.0. The van der Waals surface area contributed by atoms with Crippen molar-refractivity contribution < 1.29 is 26.3 Å². The Morgan fingerprint density at radius 3 is 2.44 bits per heavy atom. The molecule has 2 aromatic carbocycles. The van der Waals surface area contributed by atoms with E-state index in [-0.39, 0.29) is 5.69 Å². The second-order valence-electron chi connectivity index (χ2n) is 5.43. The van der Waals surface area contributed by atoms with Gasteiger partial charge in [-0.05, 0) is 30.3 Å². The molecule has 3 rings (SSSR count). The van der Waals surface area contributed by atoms with Gasteiger partial charge in [0.1, 0.15) is 4.90 Å². The molecule has 1 saturated heterocycles. The van der Waals surface area contributed by atoms with Crippen LogP contribution in [0.1, 0.15) is 0 Å². The van der Waals surface area contributed by atoms with Crippen molar-refractivity contribution in [3.8, 4) is 0 Å². The molecule has 0 amide bonds. The molecule has 0 saturated carbocycles. The smallest absolute Gasteiger partial charge is 0.264 e. The molecule has 0 aliphatic carbocycles. The first kappa shape index (κ1) is 17.6. The normalized spacial score (nSPS) is 15.2. The topological polar surface area (TPSA) is 58.6 Å². The number of nitrogens with zero attached hydrogens (tertiary/aromatic N) is 1. The number of hydrogen-bond donors (Lipinski definition) is 1. The standard InChI is InChI=1S/C16H15F3N2O3S/c17-13-4-5-14(16(19)15(13)18)25(22,23)20-11-2-1-3-12(10-11)21-6-8-24-9-7-21/h1-5,10,20H,6-9H2. The largest absolute Gasteiger partial charge is 0.378 e. The first-order valence-corrected chi connectivity index (χ1v) is 8.96. The average molecular weight is 372 g/mol. The zero-order valence-electron chi connectivity index (χ0n) is 13.0. The van der Waals surface area contributed by atoms with E-state index < -0.39 is 32.4 Å². The highest BCUT2D eigenvalue weighted by Crippen LogP contribution is 2.25. The van der Waals surface area contributed by atoms with Crippen molar-refractivity contribution >= 4 is 21.4 Å². The molecule has 0 bridgehead atoms. The number of morpholine rings is 1. The van der Waals surface area contributed by atoms with Crippen LogP contribution in [-0.2, 0) is 14.8 Å². The minimum absolute atomic E-state index is 0.188. The molecule has 0 aromatic heterocycles. The van der Waals surface area contributed by atoms with Crippen LogP contribution < -0.4 is 9.62 Å². The molecule has 0 unspecified atom stereocenters. The van der Waals surface area contributed by atoms with Gasteiger partial charge in [-0.3, -0.25) is 4.72 Å². The van der Waals surface area contributed by atoms with Gasteiger partial charge in [-0.15, -0.1) is 0 Å². The van der Waals surface area contributed by atoms with E-state index in [0.717, 1.165) is 5.69 Å². The fourth-order valence-corrected chi connectivity index (χ4v) is 3.63. The summed E-state index contributed by atoms with van der Waals surface area (Å²) in [5.41, 5.74) is 0.961. The Hall–Kier alpha value is -2.26. The fraction of sp³-hybridized carbons (Fsp3) is 0.250. The highest BCUT2D eigenvalue weighted by molar-refractivity contribution is 7.92. The number of ether oxygens (including phenoxy) is 1. The van der Waals surface area contributed by atoms with Gasteiger partial charge in [0.25, 0.3) is 10.0 Å². The molecule has 0 radical (unpaired) electrons. The van der Waals surface area contributed by atoms with Gasteiger partial charge in [0, 0.05) is 18.8 Å². The van der Waals surface area contributed by atoms with E-state index in [4.69, 9.17) is 4.74 Å². The fourth-order valence-electron chi connectivity index (χ4n) is 2.51. The maximum atomic E-state index is 13.8. The molecule has 0 spiro atoms. The zero-order valence-corrected chi connectivity index (χ0v) is 13.8. The molecule has 1 N–H and O–H groups in total. The van der Waals surface area contributed by atoms with E-state index in [1.54, 1.807) is 18.2 Å². The Kier molecular flexibility index (Phi) is 4.87. The van der Waals surface area contributed by atoms with Gasteiger partial charge in [-0.25, -0.2) is 21.6 Å². The van der Waals surface area contributed by atoms with Crippen LogP contribution in [0.5, 0.6) is 0 Å². The van der Waals surface area contributed by atoms with Crippen LogP contribution in [0.2, 0.25) is 0 Å². The molecular weight excluding hydrogens is 357 g/mol. The van der Waals surface area contributed by atoms with Crippen LogP contribution in [0, 0.1) is 17.5 Å². The lowest BCUT2D eigenvalue weighted by Crippen LogP contribution is -2.36. The first-order chi connectivity index (χ1) is 11.9. The second-order valence-corrected chi connectivity index (χ2v) is 7.08. The summed E-state index contributed by atoms with van der Waals surface area (Å²) in [6, 6.07) is 7.77. The SMILES string of the molecule is O=S(=O)(Nc1cccc(N2CCOCC2)c1)c1ccc(F)c(F)c1F. The third kappa shape index (κ3) is 3.72. The van der Waals surface area contributed by atoms with E-state index in [2.05, 4.69) is 4.72 Å². The Labute approximate surface area is 143 Å². The maximum absolute atomic E-state index is 13.8. The van der Waals surface area contributed by atoms with Crippen molar-refractivity contribution in [1.82, 2.24) is 0 Å². The van der Waals surface area contributed by atoms with Crippen LogP contribution in [-0.4, -0.2) is 34.7 Å². The summed E-state index contributed by atoms with van der Waals surface area (Å²) in [5.74, 6) is -5.03. The van der Waals surface area contributed by atoms with E-state index in [1.807, 2.05) is 4.90 Å². The third-order valence-corrected chi connectivity index (χ3v) is 5.16. The van der Waals surface area contributed by atoms with Crippen LogP contribution in [0.15, 0.2) is 41.3 Å². The van der Waals surface area contributed by atoms with Crippen molar-refractivity contribution in [1.29, 1.82) is 0 Å². The molecule has 134 valence electrons. The number of hydrogen-bond acceptors (Lipinski definition) is 4. The quantitative estimate of drug-likeness (QED) is 0.839. The van der Waals surface area contributed by atoms with Gasteiger partial charge in [-0.2, -0.15) is 0 Å². The summed E-state index contributed by atoms with van der Waals surface area (Å²) in [7, 11) is -4.41. The number of halogens is 3. The second kappa shape index (κ2) is 6.93. The lowest BCUT2D eigenvalue weighted by Gasteiger charge is -2.29. The molecule has 2 aromatic rings. The molecule has 5 nitrogen and oxygen atoms in total. The van der Waals surface area contributed by atoms with E-state index in [9.17, 15) is 21.6 Å².